The molecule has 0 aliphatic rings. The molecule has 3 rings (SSSR count). The number of hydrogen-bond donors (Lipinski definition) is 1. The van der Waals surface area contributed by atoms with Crippen molar-refractivity contribution in [3.8, 4) is 0 Å². The van der Waals surface area contributed by atoms with Crippen molar-refractivity contribution < 1.29 is 14.3 Å². The van der Waals surface area contributed by atoms with Crippen molar-refractivity contribution in [3.63, 3.8) is 0 Å². The van der Waals surface area contributed by atoms with Crippen molar-refractivity contribution >= 4 is 29.3 Å². The van der Waals surface area contributed by atoms with Crippen LogP contribution < -0.4 is 5.32 Å². The second-order valence-corrected chi connectivity index (χ2v) is 7.02. The largest absolute Gasteiger partial charge is 0.452 e. The monoisotopic (exact) mass is 377 g/mol. The molecule has 0 radical (unpaired) electrons. The summed E-state index contributed by atoms with van der Waals surface area (Å²) in [5.74, 6) is -0.895. The summed E-state index contributed by atoms with van der Waals surface area (Å²) in [6.45, 7) is 1.60. The van der Waals surface area contributed by atoms with E-state index in [2.05, 4.69) is 5.32 Å². The van der Waals surface area contributed by atoms with Crippen molar-refractivity contribution in [1.29, 1.82) is 0 Å². The molecule has 1 N–H and O–H groups in total. The Kier molecular flexibility index (Phi) is 6.28. The Morgan fingerprint density at radius 3 is 2.30 bits per heavy atom. The molecule has 3 aromatic rings. The van der Waals surface area contributed by atoms with Gasteiger partial charge in [0.05, 0.1) is 11.3 Å². The van der Waals surface area contributed by atoms with Gasteiger partial charge in [0.1, 0.15) is 0 Å². The van der Waals surface area contributed by atoms with Crippen LogP contribution in [0.4, 0.5) is 5.69 Å². The summed E-state index contributed by atoms with van der Waals surface area (Å²) in [6, 6.07) is 24.4. The van der Waals surface area contributed by atoms with Gasteiger partial charge >= 0.3 is 5.97 Å². The highest BCUT2D eigenvalue weighted by Crippen LogP contribution is 2.33. The Hall–Kier alpha value is -3.05. The Labute approximate surface area is 162 Å². The number of nitrogens with one attached hydrogen (secondary N) is 1. The summed E-state index contributed by atoms with van der Waals surface area (Å²) >= 11 is 1.56. The Bertz CT molecular complexity index is 924. The maximum absolute atomic E-state index is 12.2. The minimum absolute atomic E-state index is 0.336. The minimum atomic E-state index is -0.517. The topological polar surface area (TPSA) is 55.4 Å². The predicted molar refractivity (Wildman–Crippen MR) is 107 cm³/mol. The first kappa shape index (κ1) is 18.7. The summed E-state index contributed by atoms with van der Waals surface area (Å²) in [7, 11) is 0. The fourth-order valence-corrected chi connectivity index (χ4v) is 3.29. The molecule has 0 unspecified atom stereocenters. The standard InChI is InChI=1S/C22H19NO3S/c1-16-11-13-17(14-12-16)22(25)26-15-21(24)23-19-9-5-6-10-20(19)27-18-7-3-2-4-8-18/h2-14H,15H2,1H3,(H,23,24). The molecule has 4 nitrogen and oxygen atoms in total. The molecule has 0 aliphatic carbocycles. The number of hydrogen-bond acceptors (Lipinski definition) is 4. The number of ether oxygens (including phenoxy) is 1. The number of aryl methyl sites for hydroxylation is 1. The minimum Gasteiger partial charge on any atom is -0.452 e. The van der Waals surface area contributed by atoms with Gasteiger partial charge in [0.2, 0.25) is 0 Å². The lowest BCUT2D eigenvalue weighted by Gasteiger charge is -2.11. The van der Waals surface area contributed by atoms with Gasteiger partial charge < -0.3 is 10.1 Å². The summed E-state index contributed by atoms with van der Waals surface area (Å²) in [4.78, 5) is 26.2. The molecule has 0 fully saturated rings. The molecule has 0 saturated heterocycles. The highest BCUT2D eigenvalue weighted by atomic mass is 32.2. The van der Waals surface area contributed by atoms with E-state index in [9.17, 15) is 9.59 Å². The van der Waals surface area contributed by atoms with Gasteiger partial charge in [-0.3, -0.25) is 4.79 Å². The SMILES string of the molecule is Cc1ccc(C(=O)OCC(=O)Nc2ccccc2Sc2ccccc2)cc1. The lowest BCUT2D eigenvalue weighted by atomic mass is 10.1. The second kappa shape index (κ2) is 9.05. The van der Waals surface area contributed by atoms with E-state index in [1.165, 1.54) is 0 Å². The van der Waals surface area contributed by atoms with Crippen molar-refractivity contribution in [2.75, 3.05) is 11.9 Å². The number of carbonyl (C=O) groups is 2. The van der Waals surface area contributed by atoms with Gasteiger partial charge in [-0.2, -0.15) is 0 Å². The van der Waals surface area contributed by atoms with E-state index in [1.54, 1.807) is 23.9 Å². The molecule has 0 spiro atoms. The lowest BCUT2D eigenvalue weighted by molar-refractivity contribution is -0.119. The molecule has 0 bridgehead atoms. The maximum Gasteiger partial charge on any atom is 0.338 e. The lowest BCUT2D eigenvalue weighted by Crippen LogP contribution is -2.21. The second-order valence-electron chi connectivity index (χ2n) is 5.90. The Morgan fingerprint density at radius 2 is 1.56 bits per heavy atom. The highest BCUT2D eigenvalue weighted by Gasteiger charge is 2.12. The average Bonchev–Trinajstić information content (AvgIpc) is 2.69. The highest BCUT2D eigenvalue weighted by molar-refractivity contribution is 7.99. The van der Waals surface area contributed by atoms with Gasteiger partial charge in [0.25, 0.3) is 5.91 Å². The molecular formula is C22H19NO3S. The van der Waals surface area contributed by atoms with Gasteiger partial charge in [0.15, 0.2) is 6.61 Å². The number of carbonyl (C=O) groups excluding carboxylic acids is 2. The Balaban J connectivity index is 1.59. The van der Waals surface area contributed by atoms with E-state index >= 15 is 0 Å². The third kappa shape index (κ3) is 5.46. The van der Waals surface area contributed by atoms with Crippen LogP contribution in [0.25, 0.3) is 0 Å². The van der Waals surface area contributed by atoms with Gasteiger partial charge in [0, 0.05) is 9.79 Å². The predicted octanol–water partition coefficient (Wildman–Crippen LogP) is 4.94. The normalized spacial score (nSPS) is 10.3. The molecule has 0 atom stereocenters. The van der Waals surface area contributed by atoms with E-state index in [-0.39, 0.29) is 12.5 Å². The van der Waals surface area contributed by atoms with Crippen molar-refractivity contribution in [3.05, 3.63) is 90.0 Å². The zero-order valence-corrected chi connectivity index (χ0v) is 15.7. The molecule has 136 valence electrons. The summed E-state index contributed by atoms with van der Waals surface area (Å²) in [6.07, 6.45) is 0. The number of para-hydroxylation sites is 1. The fraction of sp³-hybridized carbons (Fsp3) is 0.0909. The van der Waals surface area contributed by atoms with Crippen LogP contribution in [-0.2, 0) is 9.53 Å². The number of esters is 1. The van der Waals surface area contributed by atoms with Crippen LogP contribution in [0.3, 0.4) is 0 Å². The summed E-state index contributed by atoms with van der Waals surface area (Å²) in [5.41, 5.74) is 2.16. The van der Waals surface area contributed by atoms with E-state index in [1.807, 2.05) is 73.7 Å². The number of benzene rings is 3. The zero-order chi connectivity index (χ0) is 19.1. The van der Waals surface area contributed by atoms with Crippen LogP contribution in [0.2, 0.25) is 0 Å². The molecule has 1 amide bonds. The quantitative estimate of drug-likeness (QED) is 0.618. The van der Waals surface area contributed by atoms with Crippen molar-refractivity contribution in [1.82, 2.24) is 0 Å². The average molecular weight is 377 g/mol. The van der Waals surface area contributed by atoms with Gasteiger partial charge in [-0.15, -0.1) is 0 Å². The van der Waals surface area contributed by atoms with Crippen molar-refractivity contribution in [2.45, 2.75) is 16.7 Å². The molecule has 0 aromatic heterocycles. The van der Waals surface area contributed by atoms with Crippen LogP contribution in [0.15, 0.2) is 88.7 Å². The molecule has 3 aromatic carbocycles. The van der Waals surface area contributed by atoms with Crippen LogP contribution in [0.1, 0.15) is 15.9 Å². The first-order valence-corrected chi connectivity index (χ1v) is 9.29. The third-order valence-corrected chi connectivity index (χ3v) is 4.84. The zero-order valence-electron chi connectivity index (χ0n) is 14.8. The molecule has 27 heavy (non-hydrogen) atoms. The van der Waals surface area contributed by atoms with Crippen LogP contribution in [0.5, 0.6) is 0 Å². The first-order valence-electron chi connectivity index (χ1n) is 8.47. The summed E-state index contributed by atoms with van der Waals surface area (Å²) < 4.78 is 5.10. The fourth-order valence-electron chi connectivity index (χ4n) is 2.36. The van der Waals surface area contributed by atoms with Gasteiger partial charge in [-0.05, 0) is 43.3 Å². The van der Waals surface area contributed by atoms with Crippen LogP contribution in [0, 0.1) is 6.92 Å². The van der Waals surface area contributed by atoms with E-state index < -0.39 is 5.97 Å². The van der Waals surface area contributed by atoms with Gasteiger partial charge in [-0.25, -0.2) is 4.79 Å². The molecule has 0 heterocycles. The molecular weight excluding hydrogens is 358 g/mol. The maximum atomic E-state index is 12.2. The first-order chi connectivity index (χ1) is 13.1. The van der Waals surface area contributed by atoms with E-state index in [0.29, 0.717) is 11.3 Å². The Morgan fingerprint density at radius 1 is 0.889 bits per heavy atom. The molecule has 5 heteroatoms. The van der Waals surface area contributed by atoms with E-state index in [0.717, 1.165) is 15.4 Å². The van der Waals surface area contributed by atoms with Gasteiger partial charge in [-0.1, -0.05) is 59.8 Å². The van der Waals surface area contributed by atoms with E-state index in [4.69, 9.17) is 4.74 Å². The number of anilines is 1. The number of amides is 1. The van der Waals surface area contributed by atoms with Crippen LogP contribution >= 0.6 is 11.8 Å². The number of rotatable bonds is 6. The smallest absolute Gasteiger partial charge is 0.338 e. The molecule has 0 aliphatic heterocycles. The van der Waals surface area contributed by atoms with Crippen LogP contribution in [-0.4, -0.2) is 18.5 Å². The molecule has 0 saturated carbocycles. The van der Waals surface area contributed by atoms with Crippen molar-refractivity contribution in [2.24, 2.45) is 0 Å². The third-order valence-electron chi connectivity index (χ3n) is 3.75. The summed E-state index contributed by atoms with van der Waals surface area (Å²) in [5, 5.41) is 2.81.